The minimum absolute atomic E-state index is 0.361. The van der Waals surface area contributed by atoms with E-state index >= 15 is 0 Å². The molecular weight excluding hydrogens is 235 g/mol. The smallest absolute Gasteiger partial charge is 0.265 e. The zero-order valence-corrected chi connectivity index (χ0v) is 9.39. The van der Waals surface area contributed by atoms with Gasteiger partial charge in [-0.05, 0) is 30.3 Å². The minimum atomic E-state index is -0.417. The van der Waals surface area contributed by atoms with Crippen molar-refractivity contribution in [1.82, 2.24) is 5.43 Å². The molecule has 0 unspecified atom stereocenters. The number of nitrogen functional groups attached to an aromatic ring is 1. The summed E-state index contributed by atoms with van der Waals surface area (Å²) in [7, 11) is 0. The molecule has 0 radical (unpaired) electrons. The quantitative estimate of drug-likeness (QED) is 0.496. The molecule has 3 N–H and O–H groups in total. The van der Waals surface area contributed by atoms with E-state index < -0.39 is 5.91 Å². The molecule has 0 aliphatic carbocycles. The molecule has 1 amide bonds. The van der Waals surface area contributed by atoms with Gasteiger partial charge in [0.1, 0.15) is 17.3 Å². The van der Waals surface area contributed by atoms with Crippen molar-refractivity contribution in [2.75, 3.05) is 0 Å². The summed E-state index contributed by atoms with van der Waals surface area (Å²) in [5.41, 5.74) is 2.39. The number of hydrogen-bond acceptors (Lipinski definition) is 3. The van der Waals surface area contributed by atoms with Crippen molar-refractivity contribution in [2.24, 2.45) is 5.84 Å². The number of benzene rings is 2. The van der Waals surface area contributed by atoms with Crippen LogP contribution in [0.3, 0.4) is 0 Å². The van der Waals surface area contributed by atoms with E-state index in [1.807, 2.05) is 5.43 Å². The molecule has 0 saturated carbocycles. The molecule has 5 heteroatoms. The number of nitrogens with one attached hydrogen (secondary N) is 1. The van der Waals surface area contributed by atoms with Crippen LogP contribution in [0.15, 0.2) is 48.5 Å². The first-order valence-electron chi connectivity index (χ1n) is 5.23. The fourth-order valence-electron chi connectivity index (χ4n) is 1.45. The van der Waals surface area contributed by atoms with Gasteiger partial charge < -0.3 is 4.74 Å². The van der Waals surface area contributed by atoms with Crippen molar-refractivity contribution in [3.8, 4) is 11.5 Å². The van der Waals surface area contributed by atoms with Crippen LogP contribution in [-0.4, -0.2) is 5.91 Å². The number of hydrogen-bond donors (Lipinski definition) is 2. The topological polar surface area (TPSA) is 64.3 Å². The molecular formula is C13H11FN2O2. The highest BCUT2D eigenvalue weighted by Crippen LogP contribution is 2.22. The Kier molecular flexibility index (Phi) is 3.54. The predicted molar refractivity (Wildman–Crippen MR) is 64.6 cm³/mol. The lowest BCUT2D eigenvalue weighted by molar-refractivity contribution is 0.0953. The second-order valence-electron chi connectivity index (χ2n) is 3.56. The van der Waals surface area contributed by atoms with Gasteiger partial charge in [0.15, 0.2) is 0 Å². The van der Waals surface area contributed by atoms with Crippen molar-refractivity contribution in [3.63, 3.8) is 0 Å². The lowest BCUT2D eigenvalue weighted by atomic mass is 10.2. The molecule has 2 aromatic rings. The molecule has 2 rings (SSSR count). The molecule has 18 heavy (non-hydrogen) atoms. The van der Waals surface area contributed by atoms with Gasteiger partial charge in [-0.3, -0.25) is 10.2 Å². The fraction of sp³-hybridized carbons (Fsp3) is 0. The molecule has 0 aliphatic heterocycles. The summed E-state index contributed by atoms with van der Waals surface area (Å²) >= 11 is 0. The second-order valence-corrected chi connectivity index (χ2v) is 3.56. The molecule has 0 saturated heterocycles. The van der Waals surface area contributed by atoms with Crippen LogP contribution in [0.1, 0.15) is 10.4 Å². The maximum atomic E-state index is 13.0. The van der Waals surface area contributed by atoms with Gasteiger partial charge in [-0.25, -0.2) is 10.2 Å². The summed E-state index contributed by atoms with van der Waals surface area (Å²) in [4.78, 5) is 11.3. The first-order valence-corrected chi connectivity index (χ1v) is 5.23. The van der Waals surface area contributed by atoms with E-state index in [9.17, 15) is 9.18 Å². The minimum Gasteiger partial charge on any atom is -0.457 e. The van der Waals surface area contributed by atoms with Crippen molar-refractivity contribution in [1.29, 1.82) is 0 Å². The molecule has 0 spiro atoms. The highest BCUT2D eigenvalue weighted by Gasteiger charge is 2.05. The highest BCUT2D eigenvalue weighted by atomic mass is 19.1. The first kappa shape index (κ1) is 12.1. The van der Waals surface area contributed by atoms with Gasteiger partial charge in [0.25, 0.3) is 5.91 Å². The molecule has 0 fully saturated rings. The standard InChI is InChI=1S/C13H11FN2O2/c14-10-4-2-6-12(8-10)18-11-5-1-3-9(7-11)13(17)16-15/h1-8H,15H2,(H,16,17). The number of ether oxygens (including phenoxy) is 1. The SMILES string of the molecule is NNC(=O)c1cccc(Oc2cccc(F)c2)c1. The number of nitrogens with two attached hydrogens (primary N) is 1. The van der Waals surface area contributed by atoms with E-state index in [0.717, 1.165) is 0 Å². The van der Waals surface area contributed by atoms with Crippen molar-refractivity contribution in [2.45, 2.75) is 0 Å². The summed E-state index contributed by atoms with van der Waals surface area (Å²) in [6, 6.07) is 12.2. The average molecular weight is 246 g/mol. The summed E-state index contributed by atoms with van der Waals surface area (Å²) in [5, 5.41) is 0. The molecule has 0 atom stereocenters. The summed E-state index contributed by atoms with van der Waals surface area (Å²) in [5.74, 6) is 5.03. The number of carbonyl (C=O) groups is 1. The number of hydrazine groups is 1. The Morgan fingerprint density at radius 1 is 1.11 bits per heavy atom. The Bertz CT molecular complexity index is 572. The summed E-state index contributed by atoms with van der Waals surface area (Å²) in [6.45, 7) is 0. The third kappa shape index (κ3) is 2.83. The molecule has 92 valence electrons. The van der Waals surface area contributed by atoms with Gasteiger partial charge in [-0.15, -0.1) is 0 Å². The third-order valence-corrected chi connectivity index (χ3v) is 2.26. The normalized spacial score (nSPS) is 9.89. The van der Waals surface area contributed by atoms with Crippen LogP contribution in [0.2, 0.25) is 0 Å². The van der Waals surface area contributed by atoms with Gasteiger partial charge in [0.05, 0.1) is 0 Å². The average Bonchev–Trinajstić information content (AvgIpc) is 2.38. The van der Waals surface area contributed by atoms with Crippen LogP contribution in [0.5, 0.6) is 11.5 Å². The van der Waals surface area contributed by atoms with E-state index in [4.69, 9.17) is 10.6 Å². The Labute approximate surface area is 103 Å². The van der Waals surface area contributed by atoms with Gasteiger partial charge in [0.2, 0.25) is 0 Å². The lowest BCUT2D eigenvalue weighted by Gasteiger charge is -2.07. The zero-order valence-electron chi connectivity index (χ0n) is 9.39. The van der Waals surface area contributed by atoms with Crippen LogP contribution in [-0.2, 0) is 0 Å². The third-order valence-electron chi connectivity index (χ3n) is 2.26. The highest BCUT2D eigenvalue weighted by molar-refractivity contribution is 5.94. The lowest BCUT2D eigenvalue weighted by Crippen LogP contribution is -2.29. The second kappa shape index (κ2) is 5.29. The summed E-state index contributed by atoms with van der Waals surface area (Å²) < 4.78 is 18.4. The number of halogens is 1. The molecule has 0 heterocycles. The van der Waals surface area contributed by atoms with Crippen molar-refractivity contribution < 1.29 is 13.9 Å². The Morgan fingerprint density at radius 3 is 2.44 bits per heavy atom. The van der Waals surface area contributed by atoms with Crippen molar-refractivity contribution in [3.05, 3.63) is 59.9 Å². The maximum Gasteiger partial charge on any atom is 0.265 e. The van der Waals surface area contributed by atoms with E-state index in [1.165, 1.54) is 18.2 Å². The van der Waals surface area contributed by atoms with E-state index in [-0.39, 0.29) is 5.82 Å². The summed E-state index contributed by atoms with van der Waals surface area (Å²) in [6.07, 6.45) is 0. The predicted octanol–water partition coefficient (Wildman–Crippen LogP) is 2.22. The Morgan fingerprint density at radius 2 is 1.78 bits per heavy atom. The number of carbonyl (C=O) groups excluding carboxylic acids is 1. The molecule has 0 aliphatic rings. The number of rotatable bonds is 3. The molecule has 4 nitrogen and oxygen atoms in total. The van der Waals surface area contributed by atoms with Crippen LogP contribution < -0.4 is 16.0 Å². The molecule has 2 aromatic carbocycles. The van der Waals surface area contributed by atoms with E-state index in [1.54, 1.807) is 30.3 Å². The Hall–Kier alpha value is -2.40. The van der Waals surface area contributed by atoms with Gasteiger partial charge in [-0.2, -0.15) is 0 Å². The molecule has 0 aromatic heterocycles. The van der Waals surface area contributed by atoms with Crippen molar-refractivity contribution >= 4 is 5.91 Å². The largest absolute Gasteiger partial charge is 0.457 e. The maximum absolute atomic E-state index is 13.0. The zero-order chi connectivity index (χ0) is 13.0. The van der Waals surface area contributed by atoms with Crippen LogP contribution in [0.4, 0.5) is 4.39 Å². The monoisotopic (exact) mass is 246 g/mol. The van der Waals surface area contributed by atoms with Crippen LogP contribution in [0.25, 0.3) is 0 Å². The van der Waals surface area contributed by atoms with Gasteiger partial charge in [0, 0.05) is 11.6 Å². The number of amides is 1. The first-order chi connectivity index (χ1) is 8.69. The fourth-order valence-corrected chi connectivity index (χ4v) is 1.45. The van der Waals surface area contributed by atoms with Crippen LogP contribution >= 0.6 is 0 Å². The Balaban J connectivity index is 2.22. The van der Waals surface area contributed by atoms with E-state index in [0.29, 0.717) is 17.1 Å². The van der Waals surface area contributed by atoms with Gasteiger partial charge in [-0.1, -0.05) is 12.1 Å². The van der Waals surface area contributed by atoms with Gasteiger partial charge >= 0.3 is 0 Å². The van der Waals surface area contributed by atoms with E-state index in [2.05, 4.69) is 0 Å². The van der Waals surface area contributed by atoms with Crippen LogP contribution in [0, 0.1) is 5.82 Å². The molecule has 0 bridgehead atoms.